The normalized spacial score (nSPS) is 28.6. The summed E-state index contributed by atoms with van der Waals surface area (Å²) < 4.78 is 0. The van der Waals surface area contributed by atoms with E-state index in [0.717, 1.165) is 19.4 Å². The van der Waals surface area contributed by atoms with E-state index in [2.05, 4.69) is 17.6 Å². The summed E-state index contributed by atoms with van der Waals surface area (Å²) in [5.41, 5.74) is 0. The smallest absolute Gasteiger partial charge is 0.237 e. The third-order valence-corrected chi connectivity index (χ3v) is 4.35. The molecular weight excluding hydrogens is 212 g/mol. The molecule has 1 aliphatic heterocycles. The van der Waals surface area contributed by atoms with E-state index >= 15 is 0 Å². The van der Waals surface area contributed by atoms with Crippen molar-refractivity contribution < 1.29 is 4.79 Å². The van der Waals surface area contributed by atoms with E-state index in [1.54, 1.807) is 0 Å². The topological polar surface area (TPSA) is 41.1 Å². The van der Waals surface area contributed by atoms with Crippen LogP contribution in [0.3, 0.4) is 0 Å². The molecule has 0 aromatic rings. The van der Waals surface area contributed by atoms with Crippen LogP contribution in [0, 0.1) is 5.92 Å². The molecule has 1 saturated heterocycles. The Balaban J connectivity index is 1.78. The van der Waals surface area contributed by atoms with Gasteiger partial charge < -0.3 is 10.6 Å². The number of hydrogen-bond acceptors (Lipinski definition) is 2. The van der Waals surface area contributed by atoms with Gasteiger partial charge in [-0.3, -0.25) is 4.79 Å². The molecular formula is C14H26N2O. The molecule has 3 heteroatoms. The second-order valence-electron chi connectivity index (χ2n) is 5.70. The van der Waals surface area contributed by atoms with E-state index in [-0.39, 0.29) is 11.9 Å². The van der Waals surface area contributed by atoms with Gasteiger partial charge in [-0.15, -0.1) is 0 Å². The van der Waals surface area contributed by atoms with Crippen LogP contribution in [0.5, 0.6) is 0 Å². The number of hydrogen-bond donors (Lipinski definition) is 2. The third-order valence-electron chi connectivity index (χ3n) is 4.35. The molecule has 0 aromatic heterocycles. The van der Waals surface area contributed by atoms with Crippen molar-refractivity contribution in [3.05, 3.63) is 0 Å². The van der Waals surface area contributed by atoms with E-state index in [4.69, 9.17) is 0 Å². The minimum Gasteiger partial charge on any atom is -0.352 e. The number of rotatable bonds is 3. The Morgan fingerprint density at radius 3 is 2.41 bits per heavy atom. The Kier molecular flexibility index (Phi) is 4.84. The van der Waals surface area contributed by atoms with Crippen molar-refractivity contribution >= 4 is 5.91 Å². The van der Waals surface area contributed by atoms with Gasteiger partial charge in [-0.2, -0.15) is 0 Å². The zero-order valence-corrected chi connectivity index (χ0v) is 11.0. The number of nitrogens with one attached hydrogen (secondary N) is 2. The van der Waals surface area contributed by atoms with Crippen LogP contribution in [-0.2, 0) is 4.79 Å². The summed E-state index contributed by atoms with van der Waals surface area (Å²) in [5, 5.41) is 6.48. The molecule has 2 fully saturated rings. The van der Waals surface area contributed by atoms with Crippen molar-refractivity contribution in [3.8, 4) is 0 Å². The van der Waals surface area contributed by atoms with Gasteiger partial charge in [-0.05, 0) is 45.1 Å². The van der Waals surface area contributed by atoms with Crippen molar-refractivity contribution in [1.29, 1.82) is 0 Å². The Labute approximate surface area is 105 Å². The van der Waals surface area contributed by atoms with Crippen molar-refractivity contribution in [2.24, 2.45) is 5.92 Å². The summed E-state index contributed by atoms with van der Waals surface area (Å²) in [4.78, 5) is 12.0. The molecule has 1 amide bonds. The van der Waals surface area contributed by atoms with Crippen molar-refractivity contribution in [2.45, 2.75) is 70.4 Å². The highest BCUT2D eigenvalue weighted by Crippen LogP contribution is 2.25. The fourth-order valence-corrected chi connectivity index (χ4v) is 3.16. The highest BCUT2D eigenvalue weighted by molar-refractivity contribution is 5.82. The number of amides is 1. The highest BCUT2D eigenvalue weighted by atomic mass is 16.2. The van der Waals surface area contributed by atoms with Gasteiger partial charge in [-0.25, -0.2) is 0 Å². The average molecular weight is 238 g/mol. The molecule has 1 unspecified atom stereocenters. The summed E-state index contributed by atoms with van der Waals surface area (Å²) >= 11 is 0. The van der Waals surface area contributed by atoms with Crippen LogP contribution in [0.15, 0.2) is 0 Å². The summed E-state index contributed by atoms with van der Waals surface area (Å²) in [7, 11) is 0. The minimum atomic E-state index is 0.0724. The zero-order chi connectivity index (χ0) is 12.1. The first kappa shape index (κ1) is 12.9. The summed E-state index contributed by atoms with van der Waals surface area (Å²) in [6.45, 7) is 3.18. The standard InChI is InChI=1S/C14H26N2O/c1-11(12-7-4-2-3-5-8-12)16-14(17)13-9-6-10-15-13/h11-13,15H,2-10H2,1H3,(H,16,17)/t11-,13?/m0/s1. The molecule has 0 bridgehead atoms. The van der Waals surface area contributed by atoms with Gasteiger partial charge in [0.2, 0.25) is 5.91 Å². The molecule has 0 aromatic carbocycles. The largest absolute Gasteiger partial charge is 0.352 e. The van der Waals surface area contributed by atoms with E-state index < -0.39 is 0 Å². The second kappa shape index (κ2) is 6.39. The van der Waals surface area contributed by atoms with Crippen LogP contribution in [0.25, 0.3) is 0 Å². The van der Waals surface area contributed by atoms with Gasteiger partial charge >= 0.3 is 0 Å². The van der Waals surface area contributed by atoms with Crippen LogP contribution in [0.2, 0.25) is 0 Å². The molecule has 2 atom stereocenters. The molecule has 98 valence electrons. The predicted molar refractivity (Wildman–Crippen MR) is 69.8 cm³/mol. The van der Waals surface area contributed by atoms with Crippen LogP contribution < -0.4 is 10.6 Å². The first-order valence-corrected chi connectivity index (χ1v) is 7.31. The monoisotopic (exact) mass is 238 g/mol. The molecule has 1 aliphatic carbocycles. The van der Waals surface area contributed by atoms with Crippen molar-refractivity contribution in [2.75, 3.05) is 6.54 Å². The van der Waals surface area contributed by atoms with Crippen LogP contribution in [0.4, 0.5) is 0 Å². The lowest BCUT2D eigenvalue weighted by Gasteiger charge is -2.25. The maximum absolute atomic E-state index is 12.0. The van der Waals surface area contributed by atoms with Gasteiger partial charge in [0.1, 0.15) is 0 Å². The summed E-state index contributed by atoms with van der Waals surface area (Å²) in [5.74, 6) is 0.919. The predicted octanol–water partition coefficient (Wildman–Crippen LogP) is 2.21. The first-order valence-electron chi connectivity index (χ1n) is 7.31. The first-order chi connectivity index (χ1) is 8.27. The summed E-state index contributed by atoms with van der Waals surface area (Å²) in [6.07, 6.45) is 10.2. The summed E-state index contributed by atoms with van der Waals surface area (Å²) in [6, 6.07) is 0.422. The lowest BCUT2D eigenvalue weighted by atomic mass is 9.93. The second-order valence-corrected chi connectivity index (χ2v) is 5.70. The molecule has 0 radical (unpaired) electrons. The van der Waals surface area contributed by atoms with Crippen LogP contribution in [-0.4, -0.2) is 24.5 Å². The van der Waals surface area contributed by atoms with Crippen molar-refractivity contribution in [1.82, 2.24) is 10.6 Å². The molecule has 1 heterocycles. The lowest BCUT2D eigenvalue weighted by Crippen LogP contribution is -2.46. The molecule has 1 saturated carbocycles. The fourth-order valence-electron chi connectivity index (χ4n) is 3.16. The zero-order valence-electron chi connectivity index (χ0n) is 11.0. The van der Waals surface area contributed by atoms with Crippen molar-refractivity contribution in [3.63, 3.8) is 0 Å². The average Bonchev–Trinajstić information content (AvgIpc) is 2.71. The lowest BCUT2D eigenvalue weighted by molar-refractivity contribution is -0.123. The van der Waals surface area contributed by atoms with E-state index in [9.17, 15) is 4.79 Å². The Bertz CT molecular complexity index is 241. The Hall–Kier alpha value is -0.570. The quantitative estimate of drug-likeness (QED) is 0.740. The maximum atomic E-state index is 12.0. The van der Waals surface area contributed by atoms with E-state index in [1.165, 1.54) is 38.5 Å². The third kappa shape index (κ3) is 3.70. The Morgan fingerprint density at radius 2 is 1.82 bits per heavy atom. The van der Waals surface area contributed by atoms with Gasteiger partial charge in [0.25, 0.3) is 0 Å². The SMILES string of the molecule is C[C@H](NC(=O)C1CCCN1)C1CCCCCC1. The van der Waals surface area contributed by atoms with Gasteiger partial charge in [-0.1, -0.05) is 25.7 Å². The Morgan fingerprint density at radius 1 is 1.12 bits per heavy atom. The maximum Gasteiger partial charge on any atom is 0.237 e. The van der Waals surface area contributed by atoms with Crippen LogP contribution in [0.1, 0.15) is 58.3 Å². The van der Waals surface area contributed by atoms with Gasteiger partial charge in [0.15, 0.2) is 0 Å². The molecule has 2 aliphatic rings. The van der Waals surface area contributed by atoms with Gasteiger partial charge in [0.05, 0.1) is 6.04 Å². The van der Waals surface area contributed by atoms with E-state index in [1.807, 2.05) is 0 Å². The number of carbonyl (C=O) groups is 1. The fraction of sp³-hybridized carbons (Fsp3) is 0.929. The van der Waals surface area contributed by atoms with E-state index in [0.29, 0.717) is 12.0 Å². The van der Waals surface area contributed by atoms with Gasteiger partial charge in [0, 0.05) is 6.04 Å². The highest BCUT2D eigenvalue weighted by Gasteiger charge is 2.26. The van der Waals surface area contributed by atoms with Crippen LogP contribution >= 0.6 is 0 Å². The minimum absolute atomic E-state index is 0.0724. The molecule has 2 N–H and O–H groups in total. The number of carbonyl (C=O) groups excluding carboxylic acids is 1. The molecule has 17 heavy (non-hydrogen) atoms. The molecule has 2 rings (SSSR count). The molecule has 0 spiro atoms. The molecule has 3 nitrogen and oxygen atoms in total.